The molecule has 0 bridgehead atoms. The van der Waals surface area contributed by atoms with Gasteiger partial charge in [0.25, 0.3) is 0 Å². The number of nitriles is 1. The van der Waals surface area contributed by atoms with Gasteiger partial charge in [-0.15, -0.1) is 0 Å². The summed E-state index contributed by atoms with van der Waals surface area (Å²) in [6.45, 7) is 2.06. The normalized spacial score (nSPS) is 11.2. The molecule has 0 radical (unpaired) electrons. The fraction of sp³-hybridized carbons (Fsp3) is 0.118. The summed E-state index contributed by atoms with van der Waals surface area (Å²) in [6, 6.07) is 12.9. The fourth-order valence-electron chi connectivity index (χ4n) is 1.80. The lowest BCUT2D eigenvalue weighted by Gasteiger charge is -2.10. The van der Waals surface area contributed by atoms with Gasteiger partial charge in [0.15, 0.2) is 11.5 Å². The average Bonchev–Trinajstić information content (AvgIpc) is 2.56. The van der Waals surface area contributed by atoms with E-state index < -0.39 is 10.1 Å². The summed E-state index contributed by atoms with van der Waals surface area (Å²) >= 11 is 5.78. The Labute approximate surface area is 145 Å². The molecule has 0 aliphatic carbocycles. The summed E-state index contributed by atoms with van der Waals surface area (Å²) in [4.78, 5) is 0. The molecular weight excluding hydrogens is 350 g/mol. The maximum atomic E-state index is 12.1. The minimum Gasteiger partial charge on any atom is -0.490 e. The topological polar surface area (TPSA) is 76.4 Å². The molecule has 7 heteroatoms. The largest absolute Gasteiger partial charge is 0.490 e. The van der Waals surface area contributed by atoms with Gasteiger partial charge >= 0.3 is 10.1 Å². The van der Waals surface area contributed by atoms with Crippen LogP contribution in [-0.4, -0.2) is 15.0 Å². The number of rotatable bonds is 6. The van der Waals surface area contributed by atoms with E-state index in [1.54, 1.807) is 31.2 Å². The third kappa shape index (κ3) is 5.01. The highest BCUT2D eigenvalue weighted by molar-refractivity contribution is 7.90. The van der Waals surface area contributed by atoms with Crippen molar-refractivity contribution in [2.24, 2.45) is 0 Å². The lowest BCUT2D eigenvalue weighted by Crippen LogP contribution is -2.07. The summed E-state index contributed by atoms with van der Waals surface area (Å²) in [5.41, 5.74) is 1.01. The minimum absolute atomic E-state index is 0.0246. The Balaban J connectivity index is 2.22. The van der Waals surface area contributed by atoms with Gasteiger partial charge in [-0.1, -0.05) is 23.7 Å². The molecule has 0 N–H and O–H groups in total. The highest BCUT2D eigenvalue weighted by atomic mass is 35.5. The molecule has 0 aromatic heterocycles. The van der Waals surface area contributed by atoms with Crippen molar-refractivity contribution in [1.82, 2.24) is 0 Å². The molecule has 24 heavy (non-hydrogen) atoms. The summed E-state index contributed by atoms with van der Waals surface area (Å²) < 4.78 is 34.6. The van der Waals surface area contributed by atoms with Crippen LogP contribution in [-0.2, 0) is 10.1 Å². The van der Waals surface area contributed by atoms with Crippen molar-refractivity contribution < 1.29 is 17.3 Å². The zero-order valence-electron chi connectivity index (χ0n) is 12.8. The Kier molecular flexibility index (Phi) is 5.85. The van der Waals surface area contributed by atoms with E-state index in [4.69, 9.17) is 25.8 Å². The van der Waals surface area contributed by atoms with Gasteiger partial charge in [-0.05, 0) is 42.8 Å². The minimum atomic E-state index is -3.98. The fourth-order valence-corrected chi connectivity index (χ4v) is 2.70. The first-order chi connectivity index (χ1) is 11.4. The van der Waals surface area contributed by atoms with Gasteiger partial charge in [-0.3, -0.25) is 0 Å². The molecule has 2 aromatic carbocycles. The zero-order valence-corrected chi connectivity index (χ0v) is 14.3. The first-order valence-electron chi connectivity index (χ1n) is 6.98. The predicted molar refractivity (Wildman–Crippen MR) is 92.4 cm³/mol. The van der Waals surface area contributed by atoms with E-state index in [-0.39, 0.29) is 11.5 Å². The highest BCUT2D eigenvalue weighted by Gasteiger charge is 2.14. The Bertz CT molecular complexity index is 884. The molecule has 0 unspecified atom stereocenters. The van der Waals surface area contributed by atoms with Gasteiger partial charge in [0.05, 0.1) is 23.6 Å². The molecule has 0 fully saturated rings. The number of hydrogen-bond donors (Lipinski definition) is 0. The van der Waals surface area contributed by atoms with Crippen LogP contribution < -0.4 is 8.92 Å². The molecule has 0 aliphatic heterocycles. The van der Waals surface area contributed by atoms with Crippen LogP contribution in [0.1, 0.15) is 18.1 Å². The van der Waals surface area contributed by atoms with E-state index in [9.17, 15) is 8.42 Å². The number of halogens is 1. The molecule has 5 nitrogen and oxygen atoms in total. The quantitative estimate of drug-likeness (QED) is 0.725. The predicted octanol–water partition coefficient (Wildman–Crippen LogP) is 3.99. The zero-order chi connectivity index (χ0) is 17.6. The Morgan fingerprint density at radius 3 is 2.50 bits per heavy atom. The molecule has 0 amide bonds. The van der Waals surface area contributed by atoms with E-state index in [2.05, 4.69) is 0 Å². The van der Waals surface area contributed by atoms with Gasteiger partial charge in [-0.2, -0.15) is 13.7 Å². The molecular formula is C17H14ClNO4S. The molecule has 0 heterocycles. The van der Waals surface area contributed by atoms with Gasteiger partial charge < -0.3 is 8.92 Å². The number of nitrogens with zero attached hydrogens (tertiary/aromatic N) is 1. The van der Waals surface area contributed by atoms with Gasteiger partial charge in [0, 0.05) is 11.1 Å². The summed E-state index contributed by atoms with van der Waals surface area (Å²) in [6.07, 6.45) is 1.40. The standard InChI is InChI=1S/C17H14ClNO4S/c1-2-22-17-11-14(12-19)5-8-16(17)23-24(20,21)10-9-13-3-6-15(18)7-4-13/h3-11H,2H2,1H3/b10-9+. The van der Waals surface area contributed by atoms with Crippen LogP contribution in [0, 0.1) is 11.3 Å². The lowest BCUT2D eigenvalue weighted by molar-refractivity contribution is 0.328. The third-order valence-corrected chi connectivity index (χ3v) is 4.01. The van der Waals surface area contributed by atoms with E-state index >= 15 is 0 Å². The lowest BCUT2D eigenvalue weighted by atomic mass is 10.2. The summed E-state index contributed by atoms with van der Waals surface area (Å²) in [5.74, 6) is 0.219. The molecule has 124 valence electrons. The number of benzene rings is 2. The van der Waals surface area contributed by atoms with Crippen molar-refractivity contribution in [2.75, 3.05) is 6.61 Å². The SMILES string of the molecule is CCOc1cc(C#N)ccc1OS(=O)(=O)/C=C/c1ccc(Cl)cc1. The van der Waals surface area contributed by atoms with Crippen molar-refractivity contribution in [3.05, 3.63) is 64.0 Å². The van der Waals surface area contributed by atoms with Crippen molar-refractivity contribution in [2.45, 2.75) is 6.92 Å². The second-order valence-electron chi connectivity index (χ2n) is 4.64. The third-order valence-electron chi connectivity index (χ3n) is 2.88. The number of hydrogen-bond acceptors (Lipinski definition) is 5. The second kappa shape index (κ2) is 7.86. The van der Waals surface area contributed by atoms with Gasteiger partial charge in [-0.25, -0.2) is 0 Å². The maximum Gasteiger partial charge on any atom is 0.332 e. The molecule has 0 aliphatic rings. The van der Waals surface area contributed by atoms with Crippen molar-refractivity contribution >= 4 is 27.8 Å². The Morgan fingerprint density at radius 2 is 1.88 bits per heavy atom. The van der Waals surface area contributed by atoms with Crippen molar-refractivity contribution in [1.29, 1.82) is 5.26 Å². The van der Waals surface area contributed by atoms with Gasteiger partial charge in [0.1, 0.15) is 0 Å². The molecule has 2 rings (SSSR count). The highest BCUT2D eigenvalue weighted by Crippen LogP contribution is 2.30. The molecule has 0 saturated carbocycles. The van der Waals surface area contributed by atoms with Gasteiger partial charge in [0.2, 0.25) is 0 Å². The van der Waals surface area contributed by atoms with E-state index in [0.717, 1.165) is 5.41 Å². The molecule has 2 aromatic rings. The Morgan fingerprint density at radius 1 is 1.17 bits per heavy atom. The monoisotopic (exact) mass is 363 g/mol. The van der Waals surface area contributed by atoms with Crippen LogP contribution in [0.4, 0.5) is 0 Å². The first kappa shape index (κ1) is 17.9. The van der Waals surface area contributed by atoms with E-state index in [1.165, 1.54) is 24.3 Å². The van der Waals surface area contributed by atoms with Crippen LogP contribution in [0.15, 0.2) is 47.9 Å². The van der Waals surface area contributed by atoms with E-state index in [1.807, 2.05) is 6.07 Å². The van der Waals surface area contributed by atoms with Crippen LogP contribution in [0.25, 0.3) is 6.08 Å². The molecule has 0 saturated heterocycles. The second-order valence-corrected chi connectivity index (χ2v) is 6.50. The molecule has 0 atom stereocenters. The summed E-state index contributed by atoms with van der Waals surface area (Å²) in [5, 5.41) is 10.4. The van der Waals surface area contributed by atoms with E-state index in [0.29, 0.717) is 22.8 Å². The van der Waals surface area contributed by atoms with Crippen molar-refractivity contribution in [3.8, 4) is 17.6 Å². The first-order valence-corrected chi connectivity index (χ1v) is 8.83. The van der Waals surface area contributed by atoms with Crippen LogP contribution in [0.2, 0.25) is 5.02 Å². The smallest absolute Gasteiger partial charge is 0.332 e. The molecule has 0 spiro atoms. The Hall–Kier alpha value is -2.49. The van der Waals surface area contributed by atoms with Crippen molar-refractivity contribution in [3.63, 3.8) is 0 Å². The van der Waals surface area contributed by atoms with Crippen LogP contribution >= 0.6 is 11.6 Å². The average molecular weight is 364 g/mol. The maximum absolute atomic E-state index is 12.1. The van der Waals surface area contributed by atoms with Crippen LogP contribution in [0.3, 0.4) is 0 Å². The van der Waals surface area contributed by atoms with Crippen LogP contribution in [0.5, 0.6) is 11.5 Å². The number of ether oxygens (including phenoxy) is 1. The summed E-state index contributed by atoms with van der Waals surface area (Å²) in [7, 11) is -3.98.